The van der Waals surface area contributed by atoms with Crippen molar-refractivity contribution in [3.63, 3.8) is 0 Å². The average molecular weight is 346 g/mol. The summed E-state index contributed by atoms with van der Waals surface area (Å²) in [6.45, 7) is 0.544. The number of hydrogen-bond acceptors (Lipinski definition) is 2. The Bertz CT molecular complexity index is 901. The number of benzene rings is 2. The number of urea groups is 1. The van der Waals surface area contributed by atoms with Crippen LogP contribution < -0.4 is 10.6 Å². The normalized spacial score (nSPS) is 12.6. The number of carbonyl (C=O) groups is 1. The smallest absolute Gasteiger partial charge is 0.319 e. The van der Waals surface area contributed by atoms with Gasteiger partial charge in [0, 0.05) is 24.8 Å². The van der Waals surface area contributed by atoms with E-state index in [9.17, 15) is 4.79 Å². The standard InChI is InChI=1S/C21H22N4O/c26-21(23-19-10-9-16-5-4-6-17(16)15-19)22-13-11-18-12-14-25(24-18)20-7-2-1-3-8-20/h1-3,7-10,12,14-15H,4-6,11,13H2,(H2,22,23,26). The van der Waals surface area contributed by atoms with Gasteiger partial charge in [-0.3, -0.25) is 0 Å². The highest BCUT2D eigenvalue weighted by atomic mass is 16.2. The molecular weight excluding hydrogens is 324 g/mol. The van der Waals surface area contributed by atoms with Gasteiger partial charge in [-0.1, -0.05) is 24.3 Å². The average Bonchev–Trinajstić information content (AvgIpc) is 3.31. The highest BCUT2D eigenvalue weighted by Gasteiger charge is 2.11. The molecule has 0 unspecified atom stereocenters. The first-order chi connectivity index (χ1) is 12.8. The Kier molecular flexibility index (Phi) is 4.69. The Labute approximate surface area is 153 Å². The Hall–Kier alpha value is -3.08. The number of aromatic nitrogens is 2. The van der Waals surface area contributed by atoms with Gasteiger partial charge >= 0.3 is 6.03 Å². The molecule has 0 spiro atoms. The second kappa shape index (κ2) is 7.44. The molecular formula is C21H22N4O. The first-order valence-electron chi connectivity index (χ1n) is 9.04. The molecule has 5 heteroatoms. The molecule has 1 heterocycles. The van der Waals surface area contributed by atoms with E-state index in [1.165, 1.54) is 17.5 Å². The molecule has 3 aromatic rings. The minimum Gasteiger partial charge on any atom is -0.337 e. The zero-order valence-electron chi connectivity index (χ0n) is 14.6. The highest BCUT2D eigenvalue weighted by molar-refractivity contribution is 5.89. The number of hydrogen-bond donors (Lipinski definition) is 2. The van der Waals surface area contributed by atoms with Crippen molar-refractivity contribution in [1.29, 1.82) is 0 Å². The Morgan fingerprint density at radius 2 is 1.88 bits per heavy atom. The van der Waals surface area contributed by atoms with Crippen LogP contribution >= 0.6 is 0 Å². The predicted octanol–water partition coefficient (Wildman–Crippen LogP) is 3.73. The lowest BCUT2D eigenvalue weighted by Crippen LogP contribution is -2.30. The van der Waals surface area contributed by atoms with E-state index in [-0.39, 0.29) is 6.03 Å². The summed E-state index contributed by atoms with van der Waals surface area (Å²) in [7, 11) is 0. The summed E-state index contributed by atoms with van der Waals surface area (Å²) in [5.74, 6) is 0. The van der Waals surface area contributed by atoms with Gasteiger partial charge in [0.2, 0.25) is 0 Å². The molecule has 2 N–H and O–H groups in total. The fraction of sp³-hybridized carbons (Fsp3) is 0.238. The van der Waals surface area contributed by atoms with E-state index in [1.807, 2.05) is 53.3 Å². The van der Waals surface area contributed by atoms with Crippen LogP contribution in [0.2, 0.25) is 0 Å². The number of nitrogens with one attached hydrogen (secondary N) is 2. The number of carbonyl (C=O) groups excluding carboxylic acids is 1. The molecule has 0 saturated heterocycles. The topological polar surface area (TPSA) is 59.0 Å². The first-order valence-corrected chi connectivity index (χ1v) is 9.04. The first kappa shape index (κ1) is 16.4. The molecule has 1 aromatic heterocycles. The zero-order chi connectivity index (χ0) is 17.8. The molecule has 2 aromatic carbocycles. The minimum absolute atomic E-state index is 0.176. The molecule has 26 heavy (non-hydrogen) atoms. The van der Waals surface area contributed by atoms with Gasteiger partial charge in [0.05, 0.1) is 11.4 Å². The maximum absolute atomic E-state index is 12.1. The molecule has 1 aliphatic carbocycles. The maximum atomic E-state index is 12.1. The summed E-state index contributed by atoms with van der Waals surface area (Å²) in [5.41, 5.74) is 5.60. The zero-order valence-corrected chi connectivity index (χ0v) is 14.6. The van der Waals surface area contributed by atoms with Crippen LogP contribution in [0.4, 0.5) is 10.5 Å². The lowest BCUT2D eigenvalue weighted by Gasteiger charge is -2.08. The highest BCUT2D eigenvalue weighted by Crippen LogP contribution is 2.24. The van der Waals surface area contributed by atoms with Crippen molar-refractivity contribution in [2.45, 2.75) is 25.7 Å². The molecule has 0 saturated carbocycles. The number of nitrogens with zero attached hydrogens (tertiary/aromatic N) is 2. The minimum atomic E-state index is -0.176. The molecule has 2 amide bonds. The van der Waals surface area contributed by atoms with E-state index in [2.05, 4.69) is 27.9 Å². The van der Waals surface area contributed by atoms with Gasteiger partial charge in [-0.05, 0) is 60.7 Å². The van der Waals surface area contributed by atoms with Crippen LogP contribution in [0.15, 0.2) is 60.8 Å². The van der Waals surface area contributed by atoms with E-state index in [1.54, 1.807) is 0 Å². The van der Waals surface area contributed by atoms with Crippen LogP contribution in [0.25, 0.3) is 5.69 Å². The third kappa shape index (κ3) is 3.77. The second-order valence-corrected chi connectivity index (χ2v) is 6.56. The number of para-hydroxylation sites is 1. The quantitative estimate of drug-likeness (QED) is 0.740. The third-order valence-corrected chi connectivity index (χ3v) is 4.69. The number of anilines is 1. The monoisotopic (exact) mass is 346 g/mol. The van der Waals surface area contributed by atoms with Crippen LogP contribution in [0.1, 0.15) is 23.2 Å². The summed E-state index contributed by atoms with van der Waals surface area (Å²) >= 11 is 0. The lowest BCUT2D eigenvalue weighted by molar-refractivity contribution is 0.252. The summed E-state index contributed by atoms with van der Waals surface area (Å²) in [4.78, 5) is 12.1. The van der Waals surface area contributed by atoms with Crippen molar-refractivity contribution in [3.05, 3.63) is 77.6 Å². The summed E-state index contributed by atoms with van der Waals surface area (Å²) in [6, 6.07) is 18.0. The molecule has 0 bridgehead atoms. The number of fused-ring (bicyclic) bond motifs is 1. The molecule has 5 nitrogen and oxygen atoms in total. The van der Waals surface area contributed by atoms with Crippen molar-refractivity contribution >= 4 is 11.7 Å². The van der Waals surface area contributed by atoms with E-state index < -0.39 is 0 Å². The van der Waals surface area contributed by atoms with Gasteiger partial charge < -0.3 is 10.6 Å². The van der Waals surface area contributed by atoms with E-state index in [0.717, 1.165) is 29.9 Å². The van der Waals surface area contributed by atoms with E-state index >= 15 is 0 Å². The van der Waals surface area contributed by atoms with Crippen LogP contribution in [-0.2, 0) is 19.3 Å². The fourth-order valence-electron chi connectivity index (χ4n) is 3.35. The fourth-order valence-corrected chi connectivity index (χ4v) is 3.35. The Morgan fingerprint density at radius 1 is 1.04 bits per heavy atom. The van der Waals surface area contributed by atoms with Gasteiger partial charge in [0.15, 0.2) is 0 Å². The molecule has 0 radical (unpaired) electrons. The molecule has 1 aliphatic rings. The van der Waals surface area contributed by atoms with Gasteiger partial charge in [-0.15, -0.1) is 0 Å². The lowest BCUT2D eigenvalue weighted by atomic mass is 10.1. The van der Waals surface area contributed by atoms with Crippen molar-refractivity contribution in [2.24, 2.45) is 0 Å². The van der Waals surface area contributed by atoms with Gasteiger partial charge in [-0.25, -0.2) is 9.48 Å². The van der Waals surface area contributed by atoms with E-state index in [0.29, 0.717) is 13.0 Å². The third-order valence-electron chi connectivity index (χ3n) is 4.69. The molecule has 0 atom stereocenters. The Balaban J connectivity index is 1.27. The molecule has 0 fully saturated rings. The largest absolute Gasteiger partial charge is 0.337 e. The van der Waals surface area contributed by atoms with Gasteiger partial charge in [0.25, 0.3) is 0 Å². The van der Waals surface area contributed by atoms with Crippen LogP contribution in [0.3, 0.4) is 0 Å². The van der Waals surface area contributed by atoms with Crippen molar-refractivity contribution in [1.82, 2.24) is 15.1 Å². The van der Waals surface area contributed by atoms with Crippen LogP contribution in [0.5, 0.6) is 0 Å². The maximum Gasteiger partial charge on any atom is 0.319 e. The summed E-state index contributed by atoms with van der Waals surface area (Å²) < 4.78 is 1.85. The van der Waals surface area contributed by atoms with Crippen molar-refractivity contribution in [2.75, 3.05) is 11.9 Å². The molecule has 0 aliphatic heterocycles. The van der Waals surface area contributed by atoms with E-state index in [4.69, 9.17) is 0 Å². The molecule has 4 rings (SSSR count). The van der Waals surface area contributed by atoms with Crippen molar-refractivity contribution < 1.29 is 4.79 Å². The van der Waals surface area contributed by atoms with Crippen LogP contribution in [0, 0.1) is 0 Å². The van der Waals surface area contributed by atoms with Gasteiger partial charge in [-0.2, -0.15) is 5.10 Å². The van der Waals surface area contributed by atoms with Gasteiger partial charge in [0.1, 0.15) is 0 Å². The SMILES string of the molecule is O=C(NCCc1ccn(-c2ccccc2)n1)Nc1ccc2c(c1)CCC2. The second-order valence-electron chi connectivity index (χ2n) is 6.56. The summed E-state index contributed by atoms with van der Waals surface area (Å²) in [6.07, 6.45) is 6.10. The molecule has 132 valence electrons. The van der Waals surface area contributed by atoms with Crippen molar-refractivity contribution in [3.8, 4) is 5.69 Å². The van der Waals surface area contributed by atoms with Crippen LogP contribution in [-0.4, -0.2) is 22.4 Å². The summed E-state index contributed by atoms with van der Waals surface area (Å²) in [5, 5.41) is 10.4. The number of rotatable bonds is 5. The Morgan fingerprint density at radius 3 is 2.77 bits per heavy atom. The number of amides is 2. The predicted molar refractivity (Wildman–Crippen MR) is 103 cm³/mol. The number of aryl methyl sites for hydroxylation is 2.